The molecule has 0 aliphatic heterocycles. The largest absolute Gasteiger partial charge is 0.489 e. The van der Waals surface area contributed by atoms with Crippen LogP contribution in [0.3, 0.4) is 0 Å². The lowest BCUT2D eigenvalue weighted by atomic mass is 10.1. The molecule has 2 aromatic rings. The Bertz CT molecular complexity index is 693. The summed E-state index contributed by atoms with van der Waals surface area (Å²) in [5, 5.41) is 18.0. The molecular weight excluding hydrogens is 276 g/mol. The average molecular weight is 289 g/mol. The average Bonchev–Trinajstić information content (AvgIpc) is 2.45. The van der Waals surface area contributed by atoms with E-state index in [1.807, 2.05) is 6.07 Å². The second-order valence-corrected chi connectivity index (χ2v) is 4.57. The summed E-state index contributed by atoms with van der Waals surface area (Å²) in [6.07, 6.45) is -0.907. The molecule has 0 radical (unpaired) electrons. The van der Waals surface area contributed by atoms with E-state index >= 15 is 0 Å². The van der Waals surface area contributed by atoms with E-state index in [1.165, 1.54) is 31.2 Å². The van der Waals surface area contributed by atoms with Crippen LogP contribution in [0.4, 0.5) is 8.78 Å². The van der Waals surface area contributed by atoms with Gasteiger partial charge in [-0.2, -0.15) is 5.26 Å². The Morgan fingerprint density at radius 1 is 1.19 bits per heavy atom. The van der Waals surface area contributed by atoms with Crippen molar-refractivity contribution in [1.29, 1.82) is 5.26 Å². The van der Waals surface area contributed by atoms with Gasteiger partial charge in [0.15, 0.2) is 0 Å². The van der Waals surface area contributed by atoms with Crippen molar-refractivity contribution in [1.82, 2.24) is 0 Å². The summed E-state index contributed by atoms with van der Waals surface area (Å²) in [6, 6.07) is 9.97. The van der Waals surface area contributed by atoms with Crippen LogP contribution in [0.25, 0.3) is 0 Å². The summed E-state index contributed by atoms with van der Waals surface area (Å²) in [5.41, 5.74) is 0.671. The Balaban J connectivity index is 2.10. The maximum atomic E-state index is 13.7. The topological polar surface area (TPSA) is 53.2 Å². The van der Waals surface area contributed by atoms with Gasteiger partial charge in [-0.15, -0.1) is 0 Å². The smallest absolute Gasteiger partial charge is 0.132 e. The monoisotopic (exact) mass is 289 g/mol. The molecule has 1 N–H and O–H groups in total. The maximum Gasteiger partial charge on any atom is 0.132 e. The van der Waals surface area contributed by atoms with Crippen LogP contribution in [-0.4, -0.2) is 5.11 Å². The maximum absolute atomic E-state index is 13.7. The van der Waals surface area contributed by atoms with Crippen molar-refractivity contribution in [3.8, 4) is 11.8 Å². The summed E-state index contributed by atoms with van der Waals surface area (Å²) in [7, 11) is 0. The lowest BCUT2D eigenvalue weighted by Crippen LogP contribution is -2.01. The Morgan fingerprint density at radius 3 is 2.52 bits per heavy atom. The van der Waals surface area contributed by atoms with Gasteiger partial charge in [-0.3, -0.25) is 0 Å². The Hall–Kier alpha value is -2.45. The summed E-state index contributed by atoms with van der Waals surface area (Å²) in [4.78, 5) is 0. The fourth-order valence-electron chi connectivity index (χ4n) is 1.83. The third kappa shape index (κ3) is 3.56. The van der Waals surface area contributed by atoms with Crippen LogP contribution in [0, 0.1) is 23.0 Å². The molecule has 2 aromatic carbocycles. The molecule has 0 aliphatic rings. The first-order valence-corrected chi connectivity index (χ1v) is 6.30. The molecule has 21 heavy (non-hydrogen) atoms. The molecule has 0 amide bonds. The fraction of sp³-hybridized carbons (Fsp3) is 0.188. The quantitative estimate of drug-likeness (QED) is 0.937. The second-order valence-electron chi connectivity index (χ2n) is 4.57. The minimum atomic E-state index is -0.907. The lowest BCUT2D eigenvalue weighted by molar-refractivity contribution is 0.194. The van der Waals surface area contributed by atoms with E-state index in [0.717, 1.165) is 12.1 Å². The number of aliphatic hydroxyl groups excluding tert-OH is 1. The number of nitrogens with zero attached hydrogens (tertiary/aromatic N) is 1. The van der Waals surface area contributed by atoms with E-state index in [2.05, 4.69) is 0 Å². The molecule has 0 heterocycles. The van der Waals surface area contributed by atoms with Crippen LogP contribution in [0.2, 0.25) is 0 Å². The standard InChI is InChI=1S/C16H13F2NO2/c1-10(20)14-5-4-13(7-16(14)18)21-9-12-3-2-11(8-19)6-15(12)17/h2-7,10,20H,9H2,1H3. The third-order valence-electron chi connectivity index (χ3n) is 3.00. The van der Waals surface area contributed by atoms with Crippen LogP contribution in [0.15, 0.2) is 36.4 Å². The number of nitriles is 1. The molecule has 0 aliphatic carbocycles. The summed E-state index contributed by atoms with van der Waals surface area (Å²) < 4.78 is 32.6. The van der Waals surface area contributed by atoms with Crippen LogP contribution in [0.1, 0.15) is 29.7 Å². The molecule has 0 saturated heterocycles. The normalized spacial score (nSPS) is 11.8. The van der Waals surface area contributed by atoms with E-state index in [9.17, 15) is 13.9 Å². The van der Waals surface area contributed by atoms with Gasteiger partial charge in [-0.05, 0) is 31.2 Å². The number of hydrogen-bond acceptors (Lipinski definition) is 3. The number of benzene rings is 2. The molecule has 108 valence electrons. The Morgan fingerprint density at radius 2 is 1.95 bits per heavy atom. The highest BCUT2D eigenvalue weighted by Crippen LogP contribution is 2.22. The molecule has 0 saturated carbocycles. The van der Waals surface area contributed by atoms with Gasteiger partial charge in [0.25, 0.3) is 0 Å². The fourth-order valence-corrected chi connectivity index (χ4v) is 1.83. The number of aliphatic hydroxyl groups is 1. The summed E-state index contributed by atoms with van der Waals surface area (Å²) >= 11 is 0. The Labute approximate surface area is 121 Å². The van der Waals surface area contributed by atoms with Gasteiger partial charge in [0, 0.05) is 17.2 Å². The predicted octanol–water partition coefficient (Wildman–Crippen LogP) is 3.47. The molecular formula is C16H13F2NO2. The van der Waals surface area contributed by atoms with E-state index in [-0.39, 0.29) is 29.0 Å². The molecule has 0 spiro atoms. The predicted molar refractivity (Wildman–Crippen MR) is 72.5 cm³/mol. The highest BCUT2D eigenvalue weighted by atomic mass is 19.1. The molecule has 3 nitrogen and oxygen atoms in total. The second kappa shape index (κ2) is 6.33. The minimum Gasteiger partial charge on any atom is -0.489 e. The molecule has 0 fully saturated rings. The SMILES string of the molecule is CC(O)c1ccc(OCc2ccc(C#N)cc2F)cc1F. The van der Waals surface area contributed by atoms with E-state index in [1.54, 1.807) is 0 Å². The molecule has 1 unspecified atom stereocenters. The van der Waals surface area contributed by atoms with E-state index < -0.39 is 17.7 Å². The van der Waals surface area contributed by atoms with Crippen molar-refractivity contribution in [2.75, 3.05) is 0 Å². The number of halogens is 2. The van der Waals surface area contributed by atoms with Gasteiger partial charge in [-0.1, -0.05) is 6.07 Å². The van der Waals surface area contributed by atoms with Crippen molar-refractivity contribution in [2.24, 2.45) is 0 Å². The number of ether oxygens (including phenoxy) is 1. The van der Waals surface area contributed by atoms with Crippen molar-refractivity contribution >= 4 is 0 Å². The minimum absolute atomic E-state index is 0.0784. The molecule has 2 rings (SSSR count). The van der Waals surface area contributed by atoms with Gasteiger partial charge in [-0.25, -0.2) is 8.78 Å². The highest BCUT2D eigenvalue weighted by molar-refractivity contribution is 5.33. The van der Waals surface area contributed by atoms with Crippen molar-refractivity contribution in [3.63, 3.8) is 0 Å². The lowest BCUT2D eigenvalue weighted by Gasteiger charge is -2.10. The number of rotatable bonds is 4. The number of hydrogen-bond donors (Lipinski definition) is 1. The van der Waals surface area contributed by atoms with Crippen molar-refractivity contribution in [3.05, 3.63) is 64.7 Å². The zero-order valence-electron chi connectivity index (χ0n) is 11.3. The van der Waals surface area contributed by atoms with Crippen LogP contribution < -0.4 is 4.74 Å². The Kier molecular flexibility index (Phi) is 4.51. The third-order valence-corrected chi connectivity index (χ3v) is 3.00. The first-order valence-electron chi connectivity index (χ1n) is 6.30. The van der Waals surface area contributed by atoms with Crippen LogP contribution in [-0.2, 0) is 6.61 Å². The van der Waals surface area contributed by atoms with Crippen molar-refractivity contribution in [2.45, 2.75) is 19.6 Å². The van der Waals surface area contributed by atoms with Crippen LogP contribution in [0.5, 0.6) is 5.75 Å². The molecule has 0 bridgehead atoms. The van der Waals surface area contributed by atoms with Gasteiger partial charge < -0.3 is 9.84 Å². The summed E-state index contributed by atoms with van der Waals surface area (Å²) in [5.74, 6) is -0.890. The van der Waals surface area contributed by atoms with Gasteiger partial charge in [0.1, 0.15) is 24.0 Å². The molecule has 1 atom stereocenters. The first-order chi connectivity index (χ1) is 10.0. The van der Waals surface area contributed by atoms with Gasteiger partial charge >= 0.3 is 0 Å². The van der Waals surface area contributed by atoms with Crippen molar-refractivity contribution < 1.29 is 18.6 Å². The first kappa shape index (κ1) is 14.9. The summed E-state index contributed by atoms with van der Waals surface area (Å²) in [6.45, 7) is 1.38. The highest BCUT2D eigenvalue weighted by Gasteiger charge is 2.10. The zero-order chi connectivity index (χ0) is 15.4. The van der Waals surface area contributed by atoms with Gasteiger partial charge in [0.2, 0.25) is 0 Å². The van der Waals surface area contributed by atoms with Crippen LogP contribution >= 0.6 is 0 Å². The van der Waals surface area contributed by atoms with E-state index in [0.29, 0.717) is 0 Å². The molecule has 5 heteroatoms. The molecule has 0 aromatic heterocycles. The zero-order valence-corrected chi connectivity index (χ0v) is 11.3. The van der Waals surface area contributed by atoms with Gasteiger partial charge in [0.05, 0.1) is 17.7 Å². The van der Waals surface area contributed by atoms with E-state index in [4.69, 9.17) is 10.00 Å².